The van der Waals surface area contributed by atoms with Gasteiger partial charge in [0.25, 0.3) is 0 Å². The van der Waals surface area contributed by atoms with Crippen LogP contribution in [0.1, 0.15) is 35.6 Å². The third-order valence-electron chi connectivity index (χ3n) is 5.77. The van der Waals surface area contributed by atoms with Crippen molar-refractivity contribution in [1.82, 2.24) is 9.71 Å². The Balaban J connectivity index is 1.72. The first kappa shape index (κ1) is 24.9. The molecular formula is C27H25F3N2O2S. The fourth-order valence-corrected chi connectivity index (χ4v) is 5.35. The number of hydrogen-bond acceptors (Lipinski definition) is 3. The predicted octanol–water partition coefficient (Wildman–Crippen LogP) is 6.51. The van der Waals surface area contributed by atoms with Crippen molar-refractivity contribution in [2.45, 2.75) is 37.8 Å². The Kier molecular flexibility index (Phi) is 6.96. The molecule has 0 unspecified atom stereocenters. The second-order valence-electron chi connectivity index (χ2n) is 8.44. The highest BCUT2D eigenvalue weighted by Gasteiger charge is 2.33. The van der Waals surface area contributed by atoms with E-state index in [4.69, 9.17) is 0 Å². The molecular weight excluding hydrogens is 473 g/mol. The maximum absolute atomic E-state index is 13.6. The number of alkyl halides is 3. The van der Waals surface area contributed by atoms with Gasteiger partial charge < -0.3 is 0 Å². The summed E-state index contributed by atoms with van der Waals surface area (Å²) in [5.41, 5.74) is 3.13. The maximum Gasteiger partial charge on any atom is 0.418 e. The monoisotopic (exact) mass is 498 g/mol. The highest BCUT2D eigenvalue weighted by molar-refractivity contribution is 7.89. The van der Waals surface area contributed by atoms with Crippen LogP contribution in [0.4, 0.5) is 13.2 Å². The summed E-state index contributed by atoms with van der Waals surface area (Å²) in [5.74, 6) is 0. The van der Waals surface area contributed by atoms with Crippen LogP contribution in [0.25, 0.3) is 22.0 Å². The van der Waals surface area contributed by atoms with Gasteiger partial charge in [0.15, 0.2) is 0 Å². The van der Waals surface area contributed by atoms with Gasteiger partial charge in [0.2, 0.25) is 10.0 Å². The number of para-hydroxylation sites is 1. The minimum atomic E-state index is -4.50. The van der Waals surface area contributed by atoms with Gasteiger partial charge in [0.05, 0.1) is 16.0 Å². The molecule has 0 bridgehead atoms. The molecule has 8 heteroatoms. The van der Waals surface area contributed by atoms with Crippen molar-refractivity contribution < 1.29 is 21.6 Å². The summed E-state index contributed by atoms with van der Waals surface area (Å²) in [4.78, 5) is 4.30. The number of aryl methyl sites for hydroxylation is 1. The zero-order valence-electron chi connectivity index (χ0n) is 19.4. The summed E-state index contributed by atoms with van der Waals surface area (Å²) < 4.78 is 68.2. The second-order valence-corrected chi connectivity index (χ2v) is 10.2. The third-order valence-corrected chi connectivity index (χ3v) is 7.23. The van der Waals surface area contributed by atoms with Crippen LogP contribution >= 0.6 is 0 Å². The molecule has 0 aliphatic rings. The molecule has 0 aliphatic heterocycles. The van der Waals surface area contributed by atoms with Crippen LogP contribution in [-0.2, 0) is 22.6 Å². The van der Waals surface area contributed by atoms with E-state index in [1.807, 2.05) is 44.2 Å². The van der Waals surface area contributed by atoms with Gasteiger partial charge in [-0.25, -0.2) is 13.1 Å². The first-order chi connectivity index (χ1) is 16.6. The van der Waals surface area contributed by atoms with E-state index >= 15 is 0 Å². The van der Waals surface area contributed by atoms with Crippen molar-refractivity contribution in [3.63, 3.8) is 0 Å². The molecule has 4 aromatic rings. The van der Waals surface area contributed by atoms with Crippen LogP contribution in [0.15, 0.2) is 77.8 Å². The third kappa shape index (κ3) is 5.39. The van der Waals surface area contributed by atoms with Crippen molar-refractivity contribution in [2.24, 2.45) is 0 Å². The minimum absolute atomic E-state index is 0.0801. The van der Waals surface area contributed by atoms with Crippen molar-refractivity contribution in [1.29, 1.82) is 0 Å². The lowest BCUT2D eigenvalue weighted by Gasteiger charge is -2.15. The van der Waals surface area contributed by atoms with Crippen LogP contribution in [0, 0.1) is 6.92 Å². The van der Waals surface area contributed by atoms with E-state index in [0.29, 0.717) is 30.3 Å². The lowest BCUT2D eigenvalue weighted by atomic mass is 9.93. The fraction of sp³-hybridized carbons (Fsp3) is 0.222. The molecule has 0 fully saturated rings. The number of rotatable bonds is 7. The molecule has 0 aliphatic carbocycles. The highest BCUT2D eigenvalue weighted by atomic mass is 32.2. The van der Waals surface area contributed by atoms with Gasteiger partial charge >= 0.3 is 6.18 Å². The van der Waals surface area contributed by atoms with Crippen molar-refractivity contribution in [2.75, 3.05) is 6.54 Å². The molecule has 0 amide bonds. The molecule has 4 rings (SSSR count). The summed E-state index contributed by atoms with van der Waals surface area (Å²) in [5, 5.41) is 0.437. The Bertz CT molecular complexity index is 1480. The quantitative estimate of drug-likeness (QED) is 0.316. The van der Waals surface area contributed by atoms with E-state index in [0.717, 1.165) is 28.3 Å². The van der Waals surface area contributed by atoms with Crippen LogP contribution in [-0.4, -0.2) is 19.9 Å². The Morgan fingerprint density at radius 3 is 2.34 bits per heavy atom. The van der Waals surface area contributed by atoms with Gasteiger partial charge in [-0.05, 0) is 65.8 Å². The number of nitrogens with zero attached hydrogens (tertiary/aromatic N) is 1. The molecule has 0 radical (unpaired) electrons. The van der Waals surface area contributed by atoms with Crippen LogP contribution in [0.3, 0.4) is 0 Å². The summed E-state index contributed by atoms with van der Waals surface area (Å²) in [6, 6.07) is 18.4. The van der Waals surface area contributed by atoms with Gasteiger partial charge in [-0.2, -0.15) is 13.2 Å². The average molecular weight is 499 g/mol. The number of pyridine rings is 1. The first-order valence-corrected chi connectivity index (χ1v) is 12.7. The van der Waals surface area contributed by atoms with Gasteiger partial charge in [0.1, 0.15) is 0 Å². The smallest absolute Gasteiger partial charge is 0.255 e. The van der Waals surface area contributed by atoms with Crippen LogP contribution in [0.2, 0.25) is 0 Å². The summed E-state index contributed by atoms with van der Waals surface area (Å²) in [6.45, 7) is 4.08. The van der Waals surface area contributed by atoms with E-state index in [1.165, 1.54) is 12.3 Å². The van der Waals surface area contributed by atoms with Gasteiger partial charge in [-0.3, -0.25) is 4.98 Å². The number of aromatic nitrogens is 1. The minimum Gasteiger partial charge on any atom is -0.255 e. The predicted molar refractivity (Wildman–Crippen MR) is 132 cm³/mol. The lowest BCUT2D eigenvalue weighted by molar-refractivity contribution is -0.136. The van der Waals surface area contributed by atoms with Crippen molar-refractivity contribution >= 4 is 20.9 Å². The molecule has 0 atom stereocenters. The normalized spacial score (nSPS) is 12.3. The summed E-state index contributed by atoms with van der Waals surface area (Å²) in [6.07, 6.45) is -1.87. The molecule has 35 heavy (non-hydrogen) atoms. The number of fused-ring (bicyclic) bond motifs is 1. The largest absolute Gasteiger partial charge is 0.418 e. The number of halogens is 3. The topological polar surface area (TPSA) is 59.1 Å². The fourth-order valence-electron chi connectivity index (χ4n) is 4.15. The average Bonchev–Trinajstić information content (AvgIpc) is 2.82. The van der Waals surface area contributed by atoms with E-state index in [1.54, 1.807) is 24.3 Å². The van der Waals surface area contributed by atoms with Crippen LogP contribution in [0.5, 0.6) is 0 Å². The number of nitrogens with one attached hydrogen (secondary N) is 1. The van der Waals surface area contributed by atoms with Crippen molar-refractivity contribution in [3.8, 4) is 11.1 Å². The molecule has 0 saturated carbocycles. The van der Waals surface area contributed by atoms with E-state index in [9.17, 15) is 21.6 Å². The molecule has 182 valence electrons. The summed E-state index contributed by atoms with van der Waals surface area (Å²) in [7, 11) is -3.58. The van der Waals surface area contributed by atoms with Crippen molar-refractivity contribution in [3.05, 3.63) is 95.2 Å². The zero-order chi connectivity index (χ0) is 25.2. The molecule has 0 saturated heterocycles. The second kappa shape index (κ2) is 9.79. The Labute approximate surface area is 202 Å². The number of benzene rings is 3. The lowest BCUT2D eigenvalue weighted by Crippen LogP contribution is -2.24. The Morgan fingerprint density at radius 1 is 0.943 bits per heavy atom. The molecule has 4 nitrogen and oxygen atoms in total. The Hall–Kier alpha value is -3.23. The van der Waals surface area contributed by atoms with E-state index in [2.05, 4.69) is 9.71 Å². The van der Waals surface area contributed by atoms with E-state index < -0.39 is 21.8 Å². The van der Waals surface area contributed by atoms with Gasteiger partial charge in [-0.1, -0.05) is 55.5 Å². The summed E-state index contributed by atoms with van der Waals surface area (Å²) >= 11 is 0. The highest BCUT2D eigenvalue weighted by Crippen LogP contribution is 2.38. The molecule has 1 aromatic heterocycles. The van der Waals surface area contributed by atoms with Gasteiger partial charge in [0, 0.05) is 18.1 Å². The number of sulfonamides is 1. The number of hydrogen-bond donors (Lipinski definition) is 1. The zero-order valence-corrected chi connectivity index (χ0v) is 20.2. The van der Waals surface area contributed by atoms with Gasteiger partial charge in [-0.15, -0.1) is 0 Å². The first-order valence-electron chi connectivity index (χ1n) is 11.2. The molecule has 0 spiro atoms. The standard InChI is InChI=1S/C27H25F3N2O2S/c1-3-13-32-35(33,34)22-10-5-8-20(16-22)14-19-7-4-9-21(15-19)25-18(2)17-31-26-23(25)11-6-12-24(26)27(28,29)30/h4-12,15-17,32H,3,13-14H2,1-2H3. The molecule has 1 heterocycles. The molecule has 1 N–H and O–H groups in total. The maximum atomic E-state index is 13.6. The van der Waals surface area contributed by atoms with E-state index in [-0.39, 0.29) is 10.4 Å². The van der Waals surface area contributed by atoms with Crippen LogP contribution < -0.4 is 4.72 Å². The Morgan fingerprint density at radius 2 is 1.63 bits per heavy atom. The SMILES string of the molecule is CCCNS(=O)(=O)c1cccc(Cc2cccc(-c3c(C)cnc4c(C(F)(F)F)cccc34)c2)c1. The molecule has 3 aromatic carbocycles.